The van der Waals surface area contributed by atoms with Gasteiger partial charge in [0.25, 0.3) is 5.56 Å². The van der Waals surface area contributed by atoms with Crippen LogP contribution in [0.5, 0.6) is 0 Å². The minimum Gasteiger partial charge on any atom is -0.327 e. The maximum Gasteiger partial charge on any atom is 0.250 e. The number of nitrogens with zero attached hydrogens (tertiary/aromatic N) is 1. The lowest BCUT2D eigenvalue weighted by Gasteiger charge is -2.08. The smallest absolute Gasteiger partial charge is 0.250 e. The average molecular weight is 235 g/mol. The van der Waals surface area contributed by atoms with Gasteiger partial charge in [0.1, 0.15) is 0 Å². The van der Waals surface area contributed by atoms with E-state index in [2.05, 4.69) is 5.32 Å². The highest BCUT2D eigenvalue weighted by Gasteiger charge is 2.39. The van der Waals surface area contributed by atoms with E-state index in [1.54, 1.807) is 16.8 Å². The second kappa shape index (κ2) is 4.71. The van der Waals surface area contributed by atoms with E-state index in [0.29, 0.717) is 12.2 Å². The number of rotatable bonds is 4. The van der Waals surface area contributed by atoms with Gasteiger partial charge in [-0.3, -0.25) is 9.59 Å². The minimum absolute atomic E-state index is 0.00320. The van der Waals surface area contributed by atoms with Gasteiger partial charge in [0.05, 0.1) is 11.6 Å². The number of pyridine rings is 1. The predicted molar refractivity (Wildman–Crippen MR) is 65.7 cm³/mol. The molecule has 0 spiro atoms. The van der Waals surface area contributed by atoms with Gasteiger partial charge >= 0.3 is 0 Å². The third-order valence-electron chi connectivity index (χ3n) is 2.89. The summed E-state index contributed by atoms with van der Waals surface area (Å²) >= 11 is 0. The Morgan fingerprint density at radius 3 is 2.88 bits per heavy atom. The molecule has 1 aromatic rings. The number of aromatic nitrogens is 1. The normalized spacial score (nSPS) is 22.2. The topological polar surface area (TPSA) is 77.1 Å². The summed E-state index contributed by atoms with van der Waals surface area (Å²) in [5.74, 6) is -0.124. The van der Waals surface area contributed by atoms with Gasteiger partial charge in [-0.2, -0.15) is 0 Å². The Kier molecular flexibility index (Phi) is 3.28. The number of nitrogens with two attached hydrogens (primary N) is 1. The molecule has 2 atom stereocenters. The Balaban J connectivity index is 2.08. The number of hydrogen-bond donors (Lipinski definition) is 2. The molecule has 5 nitrogen and oxygen atoms in total. The molecular weight excluding hydrogens is 218 g/mol. The highest BCUT2D eigenvalue weighted by atomic mass is 16.2. The molecule has 3 N–H and O–H groups in total. The summed E-state index contributed by atoms with van der Waals surface area (Å²) in [6, 6.07) is 3.09. The second-order valence-corrected chi connectivity index (χ2v) is 4.44. The molecule has 0 radical (unpaired) electrons. The SMILES string of the molecule is CCCn1cc(NC(=O)C2CC2N)ccc1=O. The maximum atomic E-state index is 11.7. The Labute approximate surface area is 99.6 Å². The molecule has 1 aromatic heterocycles. The lowest BCUT2D eigenvalue weighted by atomic mass is 10.3. The van der Waals surface area contributed by atoms with Crippen LogP contribution in [-0.2, 0) is 11.3 Å². The predicted octanol–water partition coefficient (Wildman–Crippen LogP) is 0.544. The average Bonchev–Trinajstić information content (AvgIpc) is 3.01. The van der Waals surface area contributed by atoms with Crippen LogP contribution in [0.25, 0.3) is 0 Å². The third kappa shape index (κ3) is 2.74. The standard InChI is InChI=1S/C12H17N3O2/c1-2-5-15-7-8(3-4-11(15)16)14-12(17)9-6-10(9)13/h3-4,7,9-10H,2,5-6,13H2,1H3,(H,14,17). The van der Waals surface area contributed by atoms with E-state index in [0.717, 1.165) is 12.8 Å². The molecule has 1 aliphatic rings. The first-order valence-corrected chi connectivity index (χ1v) is 5.88. The molecule has 2 unspecified atom stereocenters. The highest BCUT2D eigenvalue weighted by molar-refractivity contribution is 5.94. The van der Waals surface area contributed by atoms with Gasteiger partial charge < -0.3 is 15.6 Å². The van der Waals surface area contributed by atoms with Gasteiger partial charge in [0, 0.05) is 24.8 Å². The molecule has 17 heavy (non-hydrogen) atoms. The first kappa shape index (κ1) is 11.9. The van der Waals surface area contributed by atoms with Gasteiger partial charge in [0.2, 0.25) is 5.91 Å². The van der Waals surface area contributed by atoms with E-state index >= 15 is 0 Å². The van der Waals surface area contributed by atoms with Gasteiger partial charge in [-0.15, -0.1) is 0 Å². The van der Waals surface area contributed by atoms with Crippen LogP contribution < -0.4 is 16.6 Å². The van der Waals surface area contributed by atoms with Crippen LogP contribution in [0.15, 0.2) is 23.1 Å². The van der Waals surface area contributed by atoms with E-state index in [1.165, 1.54) is 6.07 Å². The van der Waals surface area contributed by atoms with E-state index in [4.69, 9.17) is 5.73 Å². The van der Waals surface area contributed by atoms with Crippen LogP contribution in [0.1, 0.15) is 19.8 Å². The van der Waals surface area contributed by atoms with Gasteiger partial charge in [0.15, 0.2) is 0 Å². The fourth-order valence-corrected chi connectivity index (χ4v) is 1.77. The first-order valence-electron chi connectivity index (χ1n) is 5.88. The molecule has 1 saturated carbocycles. The fourth-order valence-electron chi connectivity index (χ4n) is 1.77. The summed E-state index contributed by atoms with van der Waals surface area (Å²) in [5.41, 5.74) is 6.21. The van der Waals surface area contributed by atoms with E-state index in [-0.39, 0.29) is 23.4 Å². The van der Waals surface area contributed by atoms with E-state index in [1.807, 2.05) is 6.92 Å². The molecule has 0 aliphatic heterocycles. The molecule has 1 amide bonds. The Hall–Kier alpha value is -1.62. The number of aryl methyl sites for hydroxylation is 1. The summed E-state index contributed by atoms with van der Waals surface area (Å²) < 4.78 is 1.60. The molecule has 5 heteroatoms. The van der Waals surface area contributed by atoms with Crippen LogP contribution in [0, 0.1) is 5.92 Å². The molecule has 1 aliphatic carbocycles. The zero-order chi connectivity index (χ0) is 12.4. The van der Waals surface area contributed by atoms with Crippen molar-refractivity contribution in [2.24, 2.45) is 11.7 Å². The van der Waals surface area contributed by atoms with Crippen molar-refractivity contribution < 1.29 is 4.79 Å². The minimum atomic E-state index is -0.0680. The lowest BCUT2D eigenvalue weighted by Crippen LogP contribution is -2.22. The Morgan fingerprint density at radius 1 is 1.59 bits per heavy atom. The van der Waals surface area contributed by atoms with Crippen LogP contribution in [0.2, 0.25) is 0 Å². The van der Waals surface area contributed by atoms with Gasteiger partial charge in [-0.1, -0.05) is 6.92 Å². The van der Waals surface area contributed by atoms with Crippen LogP contribution in [0.3, 0.4) is 0 Å². The molecule has 1 fully saturated rings. The number of hydrogen-bond acceptors (Lipinski definition) is 3. The summed E-state index contributed by atoms with van der Waals surface area (Å²) in [5, 5.41) is 2.78. The lowest BCUT2D eigenvalue weighted by molar-refractivity contribution is -0.117. The van der Waals surface area contributed by atoms with Crippen LogP contribution >= 0.6 is 0 Å². The van der Waals surface area contributed by atoms with E-state index < -0.39 is 0 Å². The maximum absolute atomic E-state index is 11.7. The molecule has 92 valence electrons. The molecule has 2 rings (SSSR count). The van der Waals surface area contributed by atoms with Crippen molar-refractivity contribution in [1.82, 2.24) is 4.57 Å². The zero-order valence-corrected chi connectivity index (χ0v) is 9.85. The van der Waals surface area contributed by atoms with Crippen molar-refractivity contribution in [3.8, 4) is 0 Å². The molecule has 0 aromatic carbocycles. The van der Waals surface area contributed by atoms with Crippen molar-refractivity contribution >= 4 is 11.6 Å². The fraction of sp³-hybridized carbons (Fsp3) is 0.500. The van der Waals surface area contributed by atoms with Gasteiger partial charge in [-0.05, 0) is 18.9 Å². The van der Waals surface area contributed by atoms with Crippen molar-refractivity contribution in [3.05, 3.63) is 28.7 Å². The number of anilines is 1. The zero-order valence-electron chi connectivity index (χ0n) is 9.85. The second-order valence-electron chi connectivity index (χ2n) is 4.44. The number of carbonyl (C=O) groups excluding carboxylic acids is 1. The van der Waals surface area contributed by atoms with Crippen LogP contribution in [0.4, 0.5) is 5.69 Å². The third-order valence-corrected chi connectivity index (χ3v) is 2.89. The number of carbonyl (C=O) groups is 1. The number of nitrogens with one attached hydrogen (secondary N) is 1. The molecule has 1 heterocycles. The Bertz CT molecular complexity index is 481. The van der Waals surface area contributed by atoms with Crippen LogP contribution in [-0.4, -0.2) is 16.5 Å². The molecule has 0 saturated heterocycles. The van der Waals surface area contributed by atoms with Crippen molar-refractivity contribution in [3.63, 3.8) is 0 Å². The first-order chi connectivity index (χ1) is 8.11. The van der Waals surface area contributed by atoms with Crippen molar-refractivity contribution in [2.45, 2.75) is 32.4 Å². The monoisotopic (exact) mass is 235 g/mol. The molecule has 0 bridgehead atoms. The Morgan fingerprint density at radius 2 is 2.29 bits per heavy atom. The summed E-state index contributed by atoms with van der Waals surface area (Å²) in [6.45, 7) is 2.66. The largest absolute Gasteiger partial charge is 0.327 e. The summed E-state index contributed by atoms with van der Waals surface area (Å²) in [4.78, 5) is 23.1. The van der Waals surface area contributed by atoms with E-state index in [9.17, 15) is 9.59 Å². The highest BCUT2D eigenvalue weighted by Crippen LogP contribution is 2.28. The van der Waals surface area contributed by atoms with Crippen molar-refractivity contribution in [1.29, 1.82) is 0 Å². The van der Waals surface area contributed by atoms with Gasteiger partial charge in [-0.25, -0.2) is 0 Å². The number of amides is 1. The quantitative estimate of drug-likeness (QED) is 0.799. The molecular formula is C12H17N3O2. The summed E-state index contributed by atoms with van der Waals surface area (Å²) in [7, 11) is 0. The van der Waals surface area contributed by atoms with Crippen molar-refractivity contribution in [2.75, 3.05) is 5.32 Å². The summed E-state index contributed by atoms with van der Waals surface area (Å²) in [6.07, 6.45) is 3.31.